The fraction of sp³-hybridized carbons (Fsp3) is 0.417. The molecule has 2 atom stereocenters. The van der Waals surface area contributed by atoms with E-state index in [1.165, 1.54) is 5.06 Å². The SMILES string of the molecule is CCCCC[C@@H](C(=O)NCNC(=O)c1cccc(-c2ccc(CC(=O)C3CC3)cc2)n1)[C@@H](CC)N(C=O)OCc1ccccc1. The second-order valence-electron chi connectivity index (χ2n) is 11.5. The molecule has 0 aliphatic heterocycles. The second-order valence-corrected chi connectivity index (χ2v) is 11.5. The van der Waals surface area contributed by atoms with E-state index in [2.05, 4.69) is 22.5 Å². The minimum atomic E-state index is -0.511. The number of rotatable bonds is 19. The first kappa shape index (κ1) is 33.5. The summed E-state index contributed by atoms with van der Waals surface area (Å²) in [6.07, 6.45) is 6.99. The highest BCUT2D eigenvalue weighted by molar-refractivity contribution is 5.93. The third-order valence-electron chi connectivity index (χ3n) is 8.15. The summed E-state index contributed by atoms with van der Waals surface area (Å²) in [5.74, 6) is -0.657. The van der Waals surface area contributed by atoms with Crippen LogP contribution in [-0.2, 0) is 32.2 Å². The molecule has 3 aromatic rings. The van der Waals surface area contributed by atoms with Crippen molar-refractivity contribution in [3.05, 3.63) is 89.6 Å². The molecule has 4 rings (SSSR count). The van der Waals surface area contributed by atoms with Crippen LogP contribution in [0.4, 0.5) is 0 Å². The van der Waals surface area contributed by atoms with Crippen LogP contribution in [0.3, 0.4) is 0 Å². The maximum atomic E-state index is 13.4. The van der Waals surface area contributed by atoms with Gasteiger partial charge in [-0.3, -0.25) is 24.0 Å². The third kappa shape index (κ3) is 10.1. The summed E-state index contributed by atoms with van der Waals surface area (Å²) in [4.78, 5) is 60.9. The Morgan fingerprint density at radius 1 is 0.933 bits per heavy atom. The molecule has 1 saturated carbocycles. The number of hydrogen-bond donors (Lipinski definition) is 2. The third-order valence-corrected chi connectivity index (χ3v) is 8.15. The van der Waals surface area contributed by atoms with Gasteiger partial charge >= 0.3 is 0 Å². The number of ketones is 1. The lowest BCUT2D eigenvalue weighted by Crippen LogP contribution is -2.48. The van der Waals surface area contributed by atoms with Gasteiger partial charge in [-0.1, -0.05) is 93.8 Å². The van der Waals surface area contributed by atoms with Crippen molar-refractivity contribution in [3.63, 3.8) is 0 Å². The molecule has 3 amide bonds. The van der Waals surface area contributed by atoms with Crippen molar-refractivity contribution in [2.45, 2.75) is 77.9 Å². The molecule has 1 fully saturated rings. The Labute approximate surface area is 265 Å². The Morgan fingerprint density at radius 3 is 2.36 bits per heavy atom. The number of unbranched alkanes of at least 4 members (excludes halogenated alkanes) is 2. The molecule has 0 unspecified atom stereocenters. The first-order chi connectivity index (χ1) is 21.9. The topological polar surface area (TPSA) is 118 Å². The number of hydrogen-bond acceptors (Lipinski definition) is 6. The van der Waals surface area contributed by atoms with Crippen LogP contribution in [0.15, 0.2) is 72.8 Å². The van der Waals surface area contributed by atoms with Gasteiger partial charge in [0.25, 0.3) is 5.91 Å². The minimum absolute atomic E-state index is 0.0834. The standard InChI is InChI=1S/C36H44N4O5/c1-3-5-7-13-30(33(4-2)40(25-41)45-23-27-11-8-6-9-12-27)35(43)37-24-38-36(44)32-15-10-14-31(39-32)28-18-16-26(17-19-28)22-34(42)29-20-21-29/h6,8-12,14-19,25,29-30,33H,3-5,7,13,20-24H2,1-2H3,(H,37,43)(H,38,44)/t30-,33-/m1/s1. The first-order valence-electron chi connectivity index (χ1n) is 16.0. The summed E-state index contributed by atoms with van der Waals surface area (Å²) in [6, 6.07) is 22.0. The van der Waals surface area contributed by atoms with Gasteiger partial charge in [-0.25, -0.2) is 10.0 Å². The zero-order valence-corrected chi connectivity index (χ0v) is 26.2. The van der Waals surface area contributed by atoms with E-state index in [9.17, 15) is 19.2 Å². The fourth-order valence-electron chi connectivity index (χ4n) is 5.38. The number of nitrogens with one attached hydrogen (secondary N) is 2. The van der Waals surface area contributed by atoms with Crippen LogP contribution in [0, 0.1) is 11.8 Å². The van der Waals surface area contributed by atoms with E-state index >= 15 is 0 Å². The summed E-state index contributed by atoms with van der Waals surface area (Å²) < 4.78 is 0. The molecule has 2 N–H and O–H groups in total. The lowest BCUT2D eigenvalue weighted by Gasteiger charge is -2.32. The molecular formula is C36H44N4O5. The van der Waals surface area contributed by atoms with Crippen molar-refractivity contribution >= 4 is 24.0 Å². The summed E-state index contributed by atoms with van der Waals surface area (Å²) in [7, 11) is 0. The van der Waals surface area contributed by atoms with Gasteiger partial charge in [0.2, 0.25) is 12.3 Å². The number of aromatic nitrogens is 1. The summed E-state index contributed by atoms with van der Waals surface area (Å²) in [5, 5.41) is 6.83. The van der Waals surface area contributed by atoms with Crippen molar-refractivity contribution in [3.8, 4) is 11.3 Å². The van der Waals surface area contributed by atoms with E-state index < -0.39 is 17.9 Å². The fourth-order valence-corrected chi connectivity index (χ4v) is 5.38. The highest BCUT2D eigenvalue weighted by Gasteiger charge is 2.32. The molecule has 1 aliphatic rings. The normalized spacial score (nSPS) is 13.8. The highest BCUT2D eigenvalue weighted by Crippen LogP contribution is 2.31. The lowest BCUT2D eigenvalue weighted by atomic mass is 9.90. The molecule has 45 heavy (non-hydrogen) atoms. The highest BCUT2D eigenvalue weighted by atomic mass is 16.7. The largest absolute Gasteiger partial charge is 0.338 e. The Morgan fingerprint density at radius 2 is 1.69 bits per heavy atom. The molecule has 9 nitrogen and oxygen atoms in total. The van der Waals surface area contributed by atoms with Crippen LogP contribution in [-0.4, -0.2) is 46.8 Å². The zero-order chi connectivity index (χ0) is 32.0. The van der Waals surface area contributed by atoms with Crippen LogP contribution >= 0.6 is 0 Å². The Balaban J connectivity index is 1.34. The molecule has 0 radical (unpaired) electrons. The predicted molar refractivity (Wildman–Crippen MR) is 172 cm³/mol. The molecule has 1 aliphatic carbocycles. The van der Waals surface area contributed by atoms with E-state index in [1.54, 1.807) is 12.1 Å². The molecular weight excluding hydrogens is 568 g/mol. The van der Waals surface area contributed by atoms with Gasteiger partial charge in [-0.05, 0) is 48.9 Å². The molecule has 2 aromatic carbocycles. The summed E-state index contributed by atoms with van der Waals surface area (Å²) >= 11 is 0. The van der Waals surface area contributed by atoms with E-state index in [4.69, 9.17) is 4.84 Å². The molecule has 0 spiro atoms. The van der Waals surface area contributed by atoms with Crippen LogP contribution in [0.2, 0.25) is 0 Å². The van der Waals surface area contributed by atoms with Crippen molar-refractivity contribution in [2.75, 3.05) is 6.67 Å². The maximum Gasteiger partial charge on any atom is 0.271 e. The maximum absolute atomic E-state index is 13.4. The summed E-state index contributed by atoms with van der Waals surface area (Å²) in [5.41, 5.74) is 3.59. The molecule has 9 heteroatoms. The number of carbonyl (C=O) groups excluding carboxylic acids is 4. The van der Waals surface area contributed by atoms with Gasteiger partial charge in [0.05, 0.1) is 24.3 Å². The molecule has 0 bridgehead atoms. The van der Waals surface area contributed by atoms with E-state index in [-0.39, 0.29) is 30.8 Å². The van der Waals surface area contributed by atoms with E-state index in [0.29, 0.717) is 37.1 Å². The van der Waals surface area contributed by atoms with Crippen molar-refractivity contribution in [1.29, 1.82) is 0 Å². The lowest BCUT2D eigenvalue weighted by molar-refractivity contribution is -0.200. The van der Waals surface area contributed by atoms with E-state index in [1.807, 2.05) is 67.6 Å². The number of pyridine rings is 1. The van der Waals surface area contributed by atoms with Crippen molar-refractivity contribution < 1.29 is 24.0 Å². The van der Waals surface area contributed by atoms with Gasteiger partial charge in [0, 0.05) is 17.9 Å². The second kappa shape index (κ2) is 17.2. The number of carbonyl (C=O) groups is 4. The summed E-state index contributed by atoms with van der Waals surface area (Å²) in [6.45, 7) is 4.15. The smallest absolute Gasteiger partial charge is 0.271 e. The molecule has 1 heterocycles. The van der Waals surface area contributed by atoms with Crippen LogP contribution in [0.1, 0.15) is 80.4 Å². The molecule has 238 valence electrons. The van der Waals surface area contributed by atoms with Gasteiger partial charge in [0.15, 0.2) is 0 Å². The average Bonchev–Trinajstić information content (AvgIpc) is 3.92. The Bertz CT molecular complexity index is 1410. The van der Waals surface area contributed by atoms with Gasteiger partial charge in [-0.2, -0.15) is 0 Å². The first-order valence-corrected chi connectivity index (χ1v) is 16.0. The van der Waals surface area contributed by atoms with Gasteiger partial charge in [0.1, 0.15) is 18.1 Å². The predicted octanol–water partition coefficient (Wildman–Crippen LogP) is 5.64. The minimum Gasteiger partial charge on any atom is -0.338 e. The number of Topliss-reactive ketones (excluding diaryl/α,β-unsaturated/α-hetero) is 1. The van der Waals surface area contributed by atoms with Crippen molar-refractivity contribution in [2.24, 2.45) is 11.8 Å². The monoisotopic (exact) mass is 612 g/mol. The number of hydroxylamine groups is 2. The quantitative estimate of drug-likeness (QED) is 0.0783. The molecule has 0 saturated heterocycles. The van der Waals surface area contributed by atoms with Gasteiger partial charge < -0.3 is 10.6 Å². The zero-order valence-electron chi connectivity index (χ0n) is 26.2. The van der Waals surface area contributed by atoms with Crippen molar-refractivity contribution in [1.82, 2.24) is 20.7 Å². The Kier molecular flexibility index (Phi) is 12.8. The average molecular weight is 613 g/mol. The van der Waals surface area contributed by atoms with Gasteiger partial charge in [-0.15, -0.1) is 0 Å². The number of nitrogens with zero attached hydrogens (tertiary/aromatic N) is 2. The van der Waals surface area contributed by atoms with Crippen LogP contribution < -0.4 is 10.6 Å². The number of amides is 3. The van der Waals surface area contributed by atoms with E-state index in [0.717, 1.165) is 48.8 Å². The molecule has 1 aromatic heterocycles. The van der Waals surface area contributed by atoms with Crippen LogP contribution in [0.25, 0.3) is 11.3 Å². The van der Waals surface area contributed by atoms with Crippen LogP contribution in [0.5, 0.6) is 0 Å². The number of benzene rings is 2. The Hall–Kier alpha value is -4.37.